The lowest BCUT2D eigenvalue weighted by molar-refractivity contribution is -0.137. The van der Waals surface area contributed by atoms with Crippen molar-refractivity contribution in [3.8, 4) is 5.69 Å². The molecular formula is C20H15F4N5O2. The molecule has 7 nitrogen and oxygen atoms in total. The van der Waals surface area contributed by atoms with E-state index in [0.29, 0.717) is 0 Å². The summed E-state index contributed by atoms with van der Waals surface area (Å²) in [6, 6.07) is 8.36. The number of anilines is 2. The van der Waals surface area contributed by atoms with Crippen molar-refractivity contribution in [1.82, 2.24) is 14.8 Å². The number of carbonyl (C=O) groups excluding carboxylic acids is 2. The maximum Gasteiger partial charge on any atom is 0.416 e. The van der Waals surface area contributed by atoms with Gasteiger partial charge < -0.3 is 10.2 Å². The van der Waals surface area contributed by atoms with Gasteiger partial charge in [-0.1, -0.05) is 6.07 Å². The molecule has 11 heteroatoms. The minimum Gasteiger partial charge on any atom is -0.326 e. The van der Waals surface area contributed by atoms with Crippen molar-refractivity contribution in [3.05, 3.63) is 66.5 Å². The third kappa shape index (κ3) is 4.25. The molecular weight excluding hydrogens is 418 g/mol. The molecule has 2 heterocycles. The molecule has 31 heavy (non-hydrogen) atoms. The molecule has 0 radical (unpaired) electrons. The van der Waals surface area contributed by atoms with Crippen molar-refractivity contribution in [2.45, 2.75) is 12.6 Å². The first-order chi connectivity index (χ1) is 14.7. The highest BCUT2D eigenvalue weighted by atomic mass is 19.4. The van der Waals surface area contributed by atoms with Crippen LogP contribution in [-0.4, -0.2) is 33.1 Å². The van der Waals surface area contributed by atoms with Crippen molar-refractivity contribution in [2.75, 3.05) is 16.8 Å². The van der Waals surface area contributed by atoms with Gasteiger partial charge in [0.1, 0.15) is 18.3 Å². The fraction of sp³-hybridized carbons (Fsp3) is 0.200. The second-order valence-electron chi connectivity index (χ2n) is 6.95. The number of hydrogen-bond acceptors (Lipinski definition) is 4. The molecule has 1 saturated heterocycles. The third-order valence-electron chi connectivity index (χ3n) is 4.86. The molecule has 1 unspecified atom stereocenters. The van der Waals surface area contributed by atoms with E-state index in [1.165, 1.54) is 41.6 Å². The van der Waals surface area contributed by atoms with E-state index < -0.39 is 35.3 Å². The summed E-state index contributed by atoms with van der Waals surface area (Å²) >= 11 is 0. The monoisotopic (exact) mass is 433 g/mol. The third-order valence-corrected chi connectivity index (χ3v) is 4.86. The molecule has 2 aromatic carbocycles. The molecule has 1 aromatic heterocycles. The lowest BCUT2D eigenvalue weighted by Crippen LogP contribution is -2.28. The maximum absolute atomic E-state index is 14.3. The van der Waals surface area contributed by atoms with Gasteiger partial charge in [-0.05, 0) is 36.4 Å². The van der Waals surface area contributed by atoms with Crippen LogP contribution in [0.4, 0.5) is 28.9 Å². The van der Waals surface area contributed by atoms with Gasteiger partial charge in [0.25, 0.3) is 0 Å². The van der Waals surface area contributed by atoms with Crippen molar-refractivity contribution >= 4 is 23.2 Å². The predicted octanol–water partition coefficient (Wildman–Crippen LogP) is 3.42. The van der Waals surface area contributed by atoms with Gasteiger partial charge in [0, 0.05) is 24.3 Å². The smallest absolute Gasteiger partial charge is 0.326 e. The minimum absolute atomic E-state index is 0.0679. The summed E-state index contributed by atoms with van der Waals surface area (Å²) in [6.45, 7) is -0.0779. The minimum atomic E-state index is -4.54. The van der Waals surface area contributed by atoms with E-state index in [0.717, 1.165) is 23.1 Å². The first kappa shape index (κ1) is 20.5. The number of halogens is 4. The van der Waals surface area contributed by atoms with Crippen LogP contribution in [0.5, 0.6) is 0 Å². The zero-order valence-electron chi connectivity index (χ0n) is 15.8. The van der Waals surface area contributed by atoms with Crippen LogP contribution < -0.4 is 10.2 Å². The van der Waals surface area contributed by atoms with E-state index >= 15 is 0 Å². The summed E-state index contributed by atoms with van der Waals surface area (Å²) in [6.07, 6.45) is -2.13. The van der Waals surface area contributed by atoms with E-state index in [9.17, 15) is 27.2 Å². The van der Waals surface area contributed by atoms with Crippen molar-refractivity contribution in [3.63, 3.8) is 0 Å². The fourth-order valence-corrected chi connectivity index (χ4v) is 3.33. The molecule has 2 amide bonds. The molecule has 4 rings (SSSR count). The Kier molecular flexibility index (Phi) is 5.17. The van der Waals surface area contributed by atoms with E-state index in [2.05, 4.69) is 15.4 Å². The standard InChI is InChI=1S/C20H15F4N5O2/c21-16-8-14(4-5-17(16)29-11-25-10-26-29)27-19(31)12-6-18(30)28(9-12)15-3-1-2-13(7-15)20(22,23)24/h1-5,7-8,10-12H,6,9H2,(H,27,31). The quantitative estimate of drug-likeness (QED) is 0.640. The Labute approximate surface area is 173 Å². The van der Waals surface area contributed by atoms with Gasteiger partial charge in [-0.15, -0.1) is 0 Å². The van der Waals surface area contributed by atoms with Gasteiger partial charge in [-0.25, -0.2) is 14.1 Å². The molecule has 1 fully saturated rings. The molecule has 3 aromatic rings. The Bertz CT molecular complexity index is 1130. The van der Waals surface area contributed by atoms with Crippen LogP contribution in [0.1, 0.15) is 12.0 Å². The Morgan fingerprint density at radius 2 is 1.97 bits per heavy atom. The van der Waals surface area contributed by atoms with E-state index in [-0.39, 0.29) is 30.0 Å². The van der Waals surface area contributed by atoms with Crippen LogP contribution >= 0.6 is 0 Å². The number of amides is 2. The summed E-state index contributed by atoms with van der Waals surface area (Å²) in [7, 11) is 0. The Balaban J connectivity index is 1.46. The van der Waals surface area contributed by atoms with Gasteiger partial charge in [-0.2, -0.15) is 18.3 Å². The molecule has 1 aliphatic heterocycles. The van der Waals surface area contributed by atoms with Gasteiger partial charge in [0.2, 0.25) is 11.8 Å². The summed E-state index contributed by atoms with van der Waals surface area (Å²) in [5.41, 5.74) is -0.495. The first-order valence-electron chi connectivity index (χ1n) is 9.15. The average molecular weight is 433 g/mol. The Morgan fingerprint density at radius 3 is 2.65 bits per heavy atom. The summed E-state index contributed by atoms with van der Waals surface area (Å²) in [5.74, 6) is -2.43. The molecule has 0 bridgehead atoms. The Hall–Kier alpha value is -3.76. The molecule has 0 saturated carbocycles. The lowest BCUT2D eigenvalue weighted by atomic mass is 10.1. The lowest BCUT2D eigenvalue weighted by Gasteiger charge is -2.18. The molecule has 0 aliphatic carbocycles. The second kappa shape index (κ2) is 7.82. The Morgan fingerprint density at radius 1 is 1.16 bits per heavy atom. The maximum atomic E-state index is 14.3. The van der Waals surface area contributed by atoms with E-state index in [1.54, 1.807) is 0 Å². The van der Waals surface area contributed by atoms with Crippen LogP contribution in [0, 0.1) is 11.7 Å². The van der Waals surface area contributed by atoms with Crippen LogP contribution in [0.25, 0.3) is 5.69 Å². The van der Waals surface area contributed by atoms with Crippen LogP contribution in [-0.2, 0) is 15.8 Å². The SMILES string of the molecule is O=C(Nc1ccc(-n2cncn2)c(F)c1)C1CC(=O)N(c2cccc(C(F)(F)F)c2)C1. The number of rotatable bonds is 4. The number of nitrogens with zero attached hydrogens (tertiary/aromatic N) is 4. The highest BCUT2D eigenvalue weighted by Gasteiger charge is 2.37. The molecule has 1 aliphatic rings. The van der Waals surface area contributed by atoms with E-state index in [4.69, 9.17) is 0 Å². The van der Waals surface area contributed by atoms with Crippen LogP contribution in [0.15, 0.2) is 55.1 Å². The average Bonchev–Trinajstić information content (AvgIpc) is 3.37. The van der Waals surface area contributed by atoms with Gasteiger partial charge in [0.15, 0.2) is 5.82 Å². The molecule has 160 valence electrons. The van der Waals surface area contributed by atoms with Crippen LogP contribution in [0.3, 0.4) is 0 Å². The zero-order chi connectivity index (χ0) is 22.2. The molecule has 0 spiro atoms. The van der Waals surface area contributed by atoms with E-state index in [1.807, 2.05) is 0 Å². The number of alkyl halides is 3. The summed E-state index contributed by atoms with van der Waals surface area (Å²) in [5, 5.41) is 6.37. The van der Waals surface area contributed by atoms with Crippen molar-refractivity contribution in [1.29, 1.82) is 0 Å². The fourth-order valence-electron chi connectivity index (χ4n) is 3.33. The topological polar surface area (TPSA) is 80.1 Å². The summed E-state index contributed by atoms with van der Waals surface area (Å²) in [4.78, 5) is 29.8. The number of carbonyl (C=O) groups is 2. The van der Waals surface area contributed by atoms with Gasteiger partial charge in [-0.3, -0.25) is 9.59 Å². The second-order valence-corrected chi connectivity index (χ2v) is 6.95. The largest absolute Gasteiger partial charge is 0.416 e. The zero-order valence-corrected chi connectivity index (χ0v) is 15.8. The first-order valence-corrected chi connectivity index (χ1v) is 9.15. The van der Waals surface area contributed by atoms with Crippen molar-refractivity contribution in [2.24, 2.45) is 5.92 Å². The number of aromatic nitrogens is 3. The normalized spacial score (nSPS) is 16.6. The van der Waals surface area contributed by atoms with Crippen LogP contribution in [0.2, 0.25) is 0 Å². The summed E-state index contributed by atoms with van der Waals surface area (Å²) < 4.78 is 54.4. The van der Waals surface area contributed by atoms with Gasteiger partial charge in [0.05, 0.1) is 11.5 Å². The highest BCUT2D eigenvalue weighted by molar-refractivity contribution is 6.03. The highest BCUT2D eigenvalue weighted by Crippen LogP contribution is 2.33. The predicted molar refractivity (Wildman–Crippen MR) is 102 cm³/mol. The molecule has 1 N–H and O–H groups in total. The number of benzene rings is 2. The number of nitrogens with one attached hydrogen (secondary N) is 1. The van der Waals surface area contributed by atoms with Gasteiger partial charge >= 0.3 is 6.18 Å². The molecule has 1 atom stereocenters. The number of hydrogen-bond donors (Lipinski definition) is 1. The van der Waals surface area contributed by atoms with Crippen molar-refractivity contribution < 1.29 is 27.2 Å².